The van der Waals surface area contributed by atoms with Gasteiger partial charge in [-0.25, -0.2) is 9.37 Å². The molecule has 0 spiro atoms. The fourth-order valence-electron chi connectivity index (χ4n) is 4.32. The highest BCUT2D eigenvalue weighted by Gasteiger charge is 2.29. The summed E-state index contributed by atoms with van der Waals surface area (Å²) >= 11 is 6.57. The van der Waals surface area contributed by atoms with E-state index in [0.29, 0.717) is 13.1 Å². The number of aryl methyl sites for hydroxylation is 2. The highest BCUT2D eigenvalue weighted by atomic mass is 35.5. The van der Waals surface area contributed by atoms with E-state index in [9.17, 15) is 9.18 Å². The van der Waals surface area contributed by atoms with Crippen LogP contribution < -0.4 is 5.32 Å². The molecule has 2 aromatic heterocycles. The molecule has 1 amide bonds. The van der Waals surface area contributed by atoms with Crippen LogP contribution in [0.25, 0.3) is 5.57 Å². The van der Waals surface area contributed by atoms with Gasteiger partial charge in [-0.2, -0.15) is 0 Å². The van der Waals surface area contributed by atoms with Gasteiger partial charge in [-0.15, -0.1) is 11.6 Å². The number of benzene rings is 1. The summed E-state index contributed by atoms with van der Waals surface area (Å²) in [5.74, 6) is -0.172. The number of halogens is 2. The van der Waals surface area contributed by atoms with Gasteiger partial charge >= 0.3 is 0 Å². The van der Waals surface area contributed by atoms with Crippen molar-refractivity contribution in [3.8, 4) is 0 Å². The van der Waals surface area contributed by atoms with Crippen LogP contribution in [0.4, 0.5) is 10.1 Å². The minimum atomic E-state index is -0.486. The van der Waals surface area contributed by atoms with Gasteiger partial charge in [0.15, 0.2) is 0 Å². The molecule has 0 saturated carbocycles. The van der Waals surface area contributed by atoms with Crippen LogP contribution in [-0.4, -0.2) is 49.6 Å². The van der Waals surface area contributed by atoms with Crippen molar-refractivity contribution < 1.29 is 9.18 Å². The van der Waals surface area contributed by atoms with Crippen molar-refractivity contribution in [3.63, 3.8) is 0 Å². The van der Waals surface area contributed by atoms with Crippen molar-refractivity contribution in [1.29, 1.82) is 0 Å². The Labute approximate surface area is 202 Å². The van der Waals surface area contributed by atoms with Crippen LogP contribution in [0.15, 0.2) is 53.8 Å². The van der Waals surface area contributed by atoms with E-state index in [2.05, 4.69) is 37.3 Å². The third-order valence-electron chi connectivity index (χ3n) is 6.04. The number of allylic oxidation sites excluding steroid dienone is 1. The number of carbonyl (C=O) groups excluding carboxylic acids is 1. The normalized spacial score (nSPS) is 20.1. The number of hydrogen-bond donors (Lipinski definition) is 1. The van der Waals surface area contributed by atoms with Gasteiger partial charge in [-0.1, -0.05) is 18.2 Å². The van der Waals surface area contributed by atoms with Crippen LogP contribution in [-0.2, 0) is 13.1 Å². The number of aliphatic imine (C=N–C) groups is 1. The Balaban J connectivity index is 1.34. The zero-order chi connectivity index (χ0) is 23.8. The summed E-state index contributed by atoms with van der Waals surface area (Å²) in [6.45, 7) is 5.97. The van der Waals surface area contributed by atoms with E-state index in [1.165, 1.54) is 12.1 Å². The van der Waals surface area contributed by atoms with Gasteiger partial charge in [0.25, 0.3) is 5.91 Å². The summed E-state index contributed by atoms with van der Waals surface area (Å²) in [5.41, 5.74) is 4.39. The number of imidazole rings is 1. The van der Waals surface area contributed by atoms with Gasteiger partial charge in [-0.05, 0) is 43.2 Å². The number of nitrogens with one attached hydrogen (secondary N) is 1. The second-order valence-corrected chi connectivity index (χ2v) is 9.02. The van der Waals surface area contributed by atoms with Crippen molar-refractivity contribution in [2.45, 2.75) is 38.5 Å². The Morgan fingerprint density at radius 1 is 1.24 bits per heavy atom. The van der Waals surface area contributed by atoms with Crippen LogP contribution in [0, 0.1) is 19.7 Å². The highest BCUT2D eigenvalue weighted by Crippen LogP contribution is 2.29. The summed E-state index contributed by atoms with van der Waals surface area (Å²) in [7, 11) is 0. The lowest BCUT2D eigenvalue weighted by Gasteiger charge is -2.33. The molecule has 2 unspecified atom stereocenters. The van der Waals surface area contributed by atoms with Crippen LogP contribution in [0.5, 0.6) is 0 Å². The Kier molecular flexibility index (Phi) is 6.02. The van der Waals surface area contributed by atoms with E-state index in [-0.39, 0.29) is 22.9 Å². The number of rotatable bonds is 4. The Morgan fingerprint density at radius 2 is 2.06 bits per heavy atom. The monoisotopic (exact) mass is 478 g/mol. The van der Waals surface area contributed by atoms with Crippen molar-refractivity contribution in [2.75, 3.05) is 11.9 Å². The number of pyridine rings is 1. The zero-order valence-corrected chi connectivity index (χ0v) is 19.6. The second kappa shape index (κ2) is 9.12. The molecule has 0 saturated heterocycles. The van der Waals surface area contributed by atoms with E-state index >= 15 is 0 Å². The maximum absolute atomic E-state index is 13.9. The molecule has 0 bridgehead atoms. The molecule has 9 heteroatoms. The number of para-hydroxylation sites is 1. The minimum Gasteiger partial charge on any atom is -0.332 e. The Bertz CT molecular complexity index is 1320. The van der Waals surface area contributed by atoms with Gasteiger partial charge in [0.05, 0.1) is 23.3 Å². The van der Waals surface area contributed by atoms with Gasteiger partial charge < -0.3 is 9.88 Å². The van der Waals surface area contributed by atoms with Crippen molar-refractivity contribution in [2.24, 2.45) is 4.99 Å². The van der Waals surface area contributed by atoms with Crippen LogP contribution >= 0.6 is 11.6 Å². The molecule has 0 aliphatic carbocycles. The fourth-order valence-corrected chi connectivity index (χ4v) is 4.56. The SMILES string of the molecule is Cc1cnc(C2=CC(N3CCn4cc(C(=O)Nc5ccccc5F)nc4C3)N=CC2Cl)c(C)c1. The molecule has 1 aromatic carbocycles. The molecule has 2 atom stereocenters. The van der Waals surface area contributed by atoms with Gasteiger partial charge in [0.1, 0.15) is 23.5 Å². The van der Waals surface area contributed by atoms with Crippen LogP contribution in [0.1, 0.15) is 33.1 Å². The van der Waals surface area contributed by atoms with Gasteiger partial charge in [0, 0.05) is 37.3 Å². The fraction of sp³-hybridized carbons (Fsp3) is 0.280. The Morgan fingerprint density at radius 3 is 2.85 bits per heavy atom. The molecule has 3 aromatic rings. The third kappa shape index (κ3) is 4.38. The number of hydrogen-bond acceptors (Lipinski definition) is 5. The summed E-state index contributed by atoms with van der Waals surface area (Å²) in [6, 6.07) is 8.16. The molecule has 2 aliphatic rings. The number of anilines is 1. The first-order valence-electron chi connectivity index (χ1n) is 11.1. The number of nitrogens with zero attached hydrogens (tertiary/aromatic N) is 5. The average Bonchev–Trinajstić information content (AvgIpc) is 3.25. The number of amides is 1. The second-order valence-electron chi connectivity index (χ2n) is 8.55. The molecule has 7 nitrogen and oxygen atoms in total. The lowest BCUT2D eigenvalue weighted by atomic mass is 10.00. The first kappa shape index (κ1) is 22.4. The molecule has 174 valence electrons. The van der Waals surface area contributed by atoms with Gasteiger partial charge in [0.2, 0.25) is 0 Å². The first-order valence-corrected chi connectivity index (χ1v) is 11.5. The van der Waals surface area contributed by atoms with Gasteiger partial charge in [-0.3, -0.25) is 19.7 Å². The molecular weight excluding hydrogens is 455 g/mol. The smallest absolute Gasteiger partial charge is 0.275 e. The van der Waals surface area contributed by atoms with E-state index in [0.717, 1.165) is 34.8 Å². The molecule has 5 rings (SSSR count). The van der Waals surface area contributed by atoms with E-state index in [1.54, 1.807) is 24.5 Å². The molecule has 34 heavy (non-hydrogen) atoms. The standard InChI is InChI=1S/C25H24ClFN6O/c1-15-9-16(2)24(29-11-15)17-10-22(28-12-18(17)26)33-8-7-32-13-21(30-23(32)14-33)25(34)31-20-6-4-3-5-19(20)27/h3-6,9-13,18,22H,7-8,14H2,1-2H3,(H,31,34). The first-order chi connectivity index (χ1) is 16.4. The number of fused-ring (bicyclic) bond motifs is 1. The van der Waals surface area contributed by atoms with Crippen molar-refractivity contribution in [3.05, 3.63) is 83.0 Å². The lowest BCUT2D eigenvalue weighted by Crippen LogP contribution is -2.41. The lowest BCUT2D eigenvalue weighted by molar-refractivity contribution is 0.102. The quantitative estimate of drug-likeness (QED) is 0.570. The number of aromatic nitrogens is 3. The van der Waals surface area contributed by atoms with Crippen molar-refractivity contribution in [1.82, 2.24) is 19.4 Å². The van der Waals surface area contributed by atoms with E-state index in [1.807, 2.05) is 24.6 Å². The maximum atomic E-state index is 13.9. The maximum Gasteiger partial charge on any atom is 0.275 e. The third-order valence-corrected chi connectivity index (χ3v) is 6.39. The molecule has 0 fully saturated rings. The predicted molar refractivity (Wildman–Crippen MR) is 131 cm³/mol. The predicted octanol–water partition coefficient (Wildman–Crippen LogP) is 4.20. The summed E-state index contributed by atoms with van der Waals surface area (Å²) in [5, 5.41) is 2.25. The topological polar surface area (TPSA) is 75.4 Å². The zero-order valence-electron chi connectivity index (χ0n) is 18.9. The van der Waals surface area contributed by atoms with E-state index < -0.39 is 11.7 Å². The molecule has 0 radical (unpaired) electrons. The highest BCUT2D eigenvalue weighted by molar-refractivity contribution is 6.34. The molecular formula is C25H24ClFN6O. The number of alkyl halides is 1. The Hall–Kier alpha value is -3.36. The van der Waals surface area contributed by atoms with Crippen molar-refractivity contribution >= 4 is 35.0 Å². The molecule has 1 N–H and O–H groups in total. The van der Waals surface area contributed by atoms with Crippen LogP contribution in [0.2, 0.25) is 0 Å². The number of carbonyl (C=O) groups is 1. The molecule has 4 heterocycles. The summed E-state index contributed by atoms with van der Waals surface area (Å²) in [4.78, 5) is 28.6. The van der Waals surface area contributed by atoms with Crippen LogP contribution in [0.3, 0.4) is 0 Å². The number of dihydropyridines is 1. The minimum absolute atomic E-state index is 0.130. The largest absolute Gasteiger partial charge is 0.332 e. The average molecular weight is 479 g/mol. The molecule has 2 aliphatic heterocycles. The van der Waals surface area contributed by atoms with E-state index in [4.69, 9.17) is 11.6 Å². The summed E-state index contributed by atoms with van der Waals surface area (Å²) < 4.78 is 15.9. The summed E-state index contributed by atoms with van der Waals surface area (Å²) in [6.07, 6.45) is 7.18.